The number of halogens is 1. The molecule has 0 radical (unpaired) electrons. The summed E-state index contributed by atoms with van der Waals surface area (Å²) in [4.78, 5) is 12.0. The van der Waals surface area contributed by atoms with Crippen molar-refractivity contribution < 1.29 is 9.18 Å². The molecule has 1 heterocycles. The third-order valence-electron chi connectivity index (χ3n) is 3.26. The van der Waals surface area contributed by atoms with E-state index in [-0.39, 0.29) is 30.0 Å². The highest BCUT2D eigenvalue weighted by atomic mass is 19.1. The molecule has 0 aromatic heterocycles. The summed E-state index contributed by atoms with van der Waals surface area (Å²) in [7, 11) is 0. The van der Waals surface area contributed by atoms with Crippen LogP contribution in [0.4, 0.5) is 4.39 Å². The van der Waals surface area contributed by atoms with E-state index in [1.54, 1.807) is 18.2 Å². The number of carbonyl (C=O) groups excluding carboxylic acids is 1. The number of nitrogens with one attached hydrogen (secondary N) is 1. The molecular weight excluding hydrogens is 205 g/mol. The highest BCUT2D eigenvalue weighted by Gasteiger charge is 2.29. The molecule has 1 aromatic rings. The molecule has 1 aliphatic heterocycles. The zero-order chi connectivity index (χ0) is 11.5. The van der Waals surface area contributed by atoms with Gasteiger partial charge in [-0.2, -0.15) is 0 Å². The SMILES string of the molecule is CC1NCCC1C(=O)Cc1ccccc1F. The number of hydrogen-bond donors (Lipinski definition) is 1. The van der Waals surface area contributed by atoms with Gasteiger partial charge in [0, 0.05) is 18.4 Å². The van der Waals surface area contributed by atoms with Crippen LogP contribution in [0.5, 0.6) is 0 Å². The smallest absolute Gasteiger partial charge is 0.142 e. The summed E-state index contributed by atoms with van der Waals surface area (Å²) >= 11 is 0. The van der Waals surface area contributed by atoms with E-state index in [1.165, 1.54) is 6.07 Å². The normalized spacial score (nSPS) is 24.6. The van der Waals surface area contributed by atoms with Crippen LogP contribution < -0.4 is 5.32 Å². The van der Waals surface area contributed by atoms with Gasteiger partial charge >= 0.3 is 0 Å². The van der Waals surface area contributed by atoms with Gasteiger partial charge in [0.25, 0.3) is 0 Å². The highest BCUT2D eigenvalue weighted by molar-refractivity contribution is 5.84. The van der Waals surface area contributed by atoms with Gasteiger partial charge in [0.05, 0.1) is 0 Å². The number of ketones is 1. The largest absolute Gasteiger partial charge is 0.314 e. The molecular formula is C13H16FNO. The van der Waals surface area contributed by atoms with Crippen LogP contribution in [0.1, 0.15) is 18.9 Å². The fourth-order valence-electron chi connectivity index (χ4n) is 2.26. The lowest BCUT2D eigenvalue weighted by molar-refractivity contribution is -0.122. The second-order valence-electron chi connectivity index (χ2n) is 4.37. The lowest BCUT2D eigenvalue weighted by atomic mass is 9.92. The predicted octanol–water partition coefficient (Wildman–Crippen LogP) is 1.94. The van der Waals surface area contributed by atoms with Crippen molar-refractivity contribution in [1.82, 2.24) is 5.32 Å². The Kier molecular flexibility index (Phi) is 3.34. The second kappa shape index (κ2) is 4.74. The molecule has 1 aliphatic rings. The van der Waals surface area contributed by atoms with Crippen LogP contribution in [0.15, 0.2) is 24.3 Å². The Hall–Kier alpha value is -1.22. The number of rotatable bonds is 3. The Bertz CT molecular complexity index is 391. The minimum atomic E-state index is -0.283. The van der Waals surface area contributed by atoms with Gasteiger partial charge in [-0.05, 0) is 31.5 Å². The van der Waals surface area contributed by atoms with Gasteiger partial charge < -0.3 is 5.32 Å². The first-order chi connectivity index (χ1) is 7.68. The van der Waals surface area contributed by atoms with Crippen molar-refractivity contribution >= 4 is 5.78 Å². The van der Waals surface area contributed by atoms with E-state index >= 15 is 0 Å². The van der Waals surface area contributed by atoms with Crippen molar-refractivity contribution in [2.75, 3.05) is 6.54 Å². The minimum Gasteiger partial charge on any atom is -0.314 e. The predicted molar refractivity (Wildman–Crippen MR) is 60.7 cm³/mol. The fraction of sp³-hybridized carbons (Fsp3) is 0.462. The summed E-state index contributed by atoms with van der Waals surface area (Å²) in [6, 6.07) is 6.71. The molecule has 86 valence electrons. The molecule has 2 rings (SSSR count). The average molecular weight is 221 g/mol. The number of hydrogen-bond acceptors (Lipinski definition) is 2. The molecule has 3 heteroatoms. The molecule has 1 saturated heterocycles. The molecule has 0 amide bonds. The third kappa shape index (κ3) is 2.30. The quantitative estimate of drug-likeness (QED) is 0.845. The van der Waals surface area contributed by atoms with Crippen LogP contribution in [0.25, 0.3) is 0 Å². The Labute approximate surface area is 94.9 Å². The summed E-state index contributed by atoms with van der Waals surface area (Å²) < 4.78 is 13.4. The summed E-state index contributed by atoms with van der Waals surface area (Å²) in [5, 5.41) is 3.24. The minimum absolute atomic E-state index is 0.0413. The molecule has 1 fully saturated rings. The van der Waals surface area contributed by atoms with Gasteiger partial charge in [-0.15, -0.1) is 0 Å². The molecule has 2 unspecified atom stereocenters. The van der Waals surface area contributed by atoms with E-state index in [1.807, 2.05) is 6.92 Å². The van der Waals surface area contributed by atoms with Crippen molar-refractivity contribution in [2.24, 2.45) is 5.92 Å². The molecule has 1 N–H and O–H groups in total. The van der Waals surface area contributed by atoms with Crippen molar-refractivity contribution in [3.63, 3.8) is 0 Å². The van der Waals surface area contributed by atoms with E-state index in [0.717, 1.165) is 13.0 Å². The highest BCUT2D eigenvalue weighted by Crippen LogP contribution is 2.19. The molecule has 2 nitrogen and oxygen atoms in total. The van der Waals surface area contributed by atoms with Crippen LogP contribution in [0.3, 0.4) is 0 Å². The Morgan fingerprint density at radius 2 is 2.25 bits per heavy atom. The number of Topliss-reactive ketones (excluding diaryl/α,β-unsaturated/α-hetero) is 1. The summed E-state index contributed by atoms with van der Waals surface area (Å²) in [6.07, 6.45) is 1.08. The maximum absolute atomic E-state index is 13.4. The first-order valence-electron chi connectivity index (χ1n) is 5.68. The van der Waals surface area contributed by atoms with Crippen molar-refractivity contribution in [3.8, 4) is 0 Å². The van der Waals surface area contributed by atoms with Crippen molar-refractivity contribution in [1.29, 1.82) is 0 Å². The first-order valence-corrected chi connectivity index (χ1v) is 5.68. The van der Waals surface area contributed by atoms with E-state index < -0.39 is 0 Å². The molecule has 16 heavy (non-hydrogen) atoms. The maximum atomic E-state index is 13.4. The van der Waals surface area contributed by atoms with E-state index in [9.17, 15) is 9.18 Å². The number of carbonyl (C=O) groups is 1. The van der Waals surface area contributed by atoms with Crippen LogP contribution in [-0.4, -0.2) is 18.4 Å². The number of benzene rings is 1. The lowest BCUT2D eigenvalue weighted by Crippen LogP contribution is -2.29. The van der Waals surface area contributed by atoms with Gasteiger partial charge in [-0.25, -0.2) is 4.39 Å². The summed E-state index contributed by atoms with van der Waals surface area (Å²) in [6.45, 7) is 2.89. The topological polar surface area (TPSA) is 29.1 Å². The zero-order valence-corrected chi connectivity index (χ0v) is 9.37. The van der Waals surface area contributed by atoms with Crippen molar-refractivity contribution in [3.05, 3.63) is 35.6 Å². The second-order valence-corrected chi connectivity index (χ2v) is 4.37. The monoisotopic (exact) mass is 221 g/mol. The molecule has 0 saturated carbocycles. The molecule has 0 spiro atoms. The van der Waals surface area contributed by atoms with Gasteiger partial charge in [-0.1, -0.05) is 18.2 Å². The Morgan fingerprint density at radius 3 is 2.88 bits per heavy atom. The van der Waals surface area contributed by atoms with Crippen LogP contribution in [-0.2, 0) is 11.2 Å². The lowest BCUT2D eigenvalue weighted by Gasteiger charge is -2.13. The Balaban J connectivity index is 2.05. The van der Waals surface area contributed by atoms with Gasteiger partial charge in [0.15, 0.2) is 0 Å². The fourth-order valence-corrected chi connectivity index (χ4v) is 2.26. The average Bonchev–Trinajstić information content (AvgIpc) is 2.68. The van der Waals surface area contributed by atoms with E-state index in [0.29, 0.717) is 5.56 Å². The zero-order valence-electron chi connectivity index (χ0n) is 9.37. The Morgan fingerprint density at radius 1 is 1.50 bits per heavy atom. The maximum Gasteiger partial charge on any atom is 0.142 e. The third-order valence-corrected chi connectivity index (χ3v) is 3.26. The first kappa shape index (κ1) is 11.3. The van der Waals surface area contributed by atoms with E-state index in [4.69, 9.17) is 0 Å². The molecule has 2 atom stereocenters. The van der Waals surface area contributed by atoms with Gasteiger partial charge in [-0.3, -0.25) is 4.79 Å². The van der Waals surface area contributed by atoms with Crippen LogP contribution in [0, 0.1) is 11.7 Å². The molecule has 0 bridgehead atoms. The van der Waals surface area contributed by atoms with Gasteiger partial charge in [0.2, 0.25) is 0 Å². The summed E-state index contributed by atoms with van der Waals surface area (Å²) in [5.74, 6) is -0.100. The van der Waals surface area contributed by atoms with Crippen LogP contribution in [0.2, 0.25) is 0 Å². The van der Waals surface area contributed by atoms with E-state index in [2.05, 4.69) is 5.32 Å². The van der Waals surface area contributed by atoms with Gasteiger partial charge in [0.1, 0.15) is 11.6 Å². The van der Waals surface area contributed by atoms with Crippen molar-refractivity contribution in [2.45, 2.75) is 25.8 Å². The molecule has 0 aliphatic carbocycles. The molecule has 1 aromatic carbocycles. The van der Waals surface area contributed by atoms with Crippen LogP contribution >= 0.6 is 0 Å². The summed E-state index contributed by atoms with van der Waals surface area (Å²) in [5.41, 5.74) is 0.506. The standard InChI is InChI=1S/C13H16FNO/c1-9-11(6-7-15-9)13(16)8-10-4-2-3-5-12(10)14/h2-5,9,11,15H,6-8H2,1H3.